The normalized spacial score (nSPS) is 27.2. The van der Waals surface area contributed by atoms with Crippen molar-refractivity contribution in [1.82, 2.24) is 30.3 Å². The van der Waals surface area contributed by atoms with Crippen LogP contribution in [0, 0.1) is 35.5 Å². The number of β-amino-alcohol motifs (C(OH)–C–C–N with tert-alkyl or cyclic N) is 1. The summed E-state index contributed by atoms with van der Waals surface area (Å²) < 4.78 is 11.4. The van der Waals surface area contributed by atoms with Crippen molar-refractivity contribution < 1.29 is 44.0 Å². The van der Waals surface area contributed by atoms with Gasteiger partial charge in [0.2, 0.25) is 23.6 Å². The summed E-state index contributed by atoms with van der Waals surface area (Å²) in [6.07, 6.45) is 7.39. The number of aliphatic hydroxyl groups excluding tert-OH is 2. The number of benzene rings is 2. The number of likely N-dealkylation sites (tertiary alicyclic amines) is 1. The third kappa shape index (κ3) is 11.9. The number of unbranched alkanes of at least 4 members (excludes halogenated alkanes) is 1. The lowest BCUT2D eigenvalue weighted by Gasteiger charge is -2.53. The molecular formula is C54H76N6O9S. The Labute approximate surface area is 417 Å². The molecule has 9 atom stereocenters. The van der Waals surface area contributed by atoms with E-state index in [4.69, 9.17) is 9.47 Å². The molecule has 3 heterocycles. The molecule has 0 radical (unpaired) electrons. The highest BCUT2D eigenvalue weighted by molar-refractivity contribution is 7.13. The van der Waals surface area contributed by atoms with Gasteiger partial charge in [0, 0.05) is 39.1 Å². The van der Waals surface area contributed by atoms with Crippen molar-refractivity contribution in [3.05, 3.63) is 70.4 Å². The van der Waals surface area contributed by atoms with Gasteiger partial charge in [0.25, 0.3) is 0 Å². The smallest absolute Gasteiger partial charge is 0.246 e. The summed E-state index contributed by atoms with van der Waals surface area (Å²) in [5, 5.41) is 37.7. The molecular weight excluding hydrogens is 909 g/mol. The van der Waals surface area contributed by atoms with Crippen molar-refractivity contribution in [1.29, 1.82) is 0 Å². The lowest BCUT2D eigenvalue weighted by atomic mass is 9.52. The van der Waals surface area contributed by atoms with Gasteiger partial charge in [0.15, 0.2) is 0 Å². The van der Waals surface area contributed by atoms with Crippen LogP contribution in [0.3, 0.4) is 0 Å². The molecule has 15 nitrogen and oxygen atoms in total. The maximum Gasteiger partial charge on any atom is 0.246 e. The average Bonchev–Trinajstić information content (AvgIpc) is 4.03. The minimum Gasteiger partial charge on any atom is -0.508 e. The number of nitrogens with zero attached hydrogens (tertiary/aromatic N) is 4. The maximum atomic E-state index is 14.0. The van der Waals surface area contributed by atoms with Crippen LogP contribution in [0.15, 0.2) is 48.0 Å². The van der Waals surface area contributed by atoms with E-state index in [1.54, 1.807) is 11.3 Å². The van der Waals surface area contributed by atoms with E-state index >= 15 is 0 Å². The van der Waals surface area contributed by atoms with Crippen molar-refractivity contribution in [2.75, 3.05) is 65.7 Å². The number of thiazole rings is 1. The van der Waals surface area contributed by atoms with Crippen molar-refractivity contribution in [3.8, 4) is 16.2 Å². The summed E-state index contributed by atoms with van der Waals surface area (Å²) in [5.74, 6) is 1.26. The molecule has 2 saturated heterocycles. The highest BCUT2D eigenvalue weighted by Gasteiger charge is 2.56. The Balaban J connectivity index is 0.708. The number of nitrogens with one attached hydrogen (secondary N) is 2. The van der Waals surface area contributed by atoms with Gasteiger partial charge in [0.05, 0.1) is 54.7 Å². The van der Waals surface area contributed by atoms with Crippen LogP contribution < -0.4 is 10.6 Å². The number of aromatic nitrogens is 1. The Hall–Kier alpha value is -4.45. The fourth-order valence-corrected chi connectivity index (χ4v) is 13.3. The van der Waals surface area contributed by atoms with Crippen LogP contribution in [0.2, 0.25) is 0 Å². The molecule has 5 N–H and O–H groups in total. The second-order valence-corrected chi connectivity index (χ2v) is 22.9. The van der Waals surface area contributed by atoms with Gasteiger partial charge in [-0.2, -0.15) is 0 Å². The van der Waals surface area contributed by atoms with Crippen LogP contribution in [0.4, 0.5) is 0 Å². The van der Waals surface area contributed by atoms with Gasteiger partial charge in [-0.25, -0.2) is 4.98 Å². The summed E-state index contributed by atoms with van der Waals surface area (Å²) in [6, 6.07) is 12.0. The Morgan fingerprint density at radius 3 is 2.51 bits per heavy atom. The van der Waals surface area contributed by atoms with Crippen LogP contribution >= 0.6 is 11.3 Å². The third-order valence-corrected chi connectivity index (χ3v) is 17.3. The molecule has 4 amide bonds. The largest absolute Gasteiger partial charge is 0.508 e. The Morgan fingerprint density at radius 2 is 1.77 bits per heavy atom. The molecule has 382 valence electrons. The summed E-state index contributed by atoms with van der Waals surface area (Å²) in [6.45, 7) is 13.7. The van der Waals surface area contributed by atoms with Gasteiger partial charge in [-0.05, 0) is 127 Å². The van der Waals surface area contributed by atoms with Crippen LogP contribution in [-0.2, 0) is 41.6 Å². The summed E-state index contributed by atoms with van der Waals surface area (Å²) in [5.41, 5.74) is 6.73. The van der Waals surface area contributed by atoms with Crippen LogP contribution in [-0.4, -0.2) is 149 Å². The first-order valence-corrected chi connectivity index (χ1v) is 26.6. The van der Waals surface area contributed by atoms with Crippen molar-refractivity contribution in [2.24, 2.45) is 28.6 Å². The van der Waals surface area contributed by atoms with E-state index in [-0.39, 0.29) is 62.7 Å². The molecule has 0 unspecified atom stereocenters. The van der Waals surface area contributed by atoms with Crippen LogP contribution in [0.5, 0.6) is 5.75 Å². The second-order valence-electron chi connectivity index (χ2n) is 22.0. The van der Waals surface area contributed by atoms with Gasteiger partial charge in [-0.3, -0.25) is 24.1 Å². The number of amides is 4. The SMILES string of the molecule is Cc1ncsc1-c1ccc(CNC(=O)[C@@H]2C[C@@H](O)CN2C(=O)[C@@H](NC(=O)COCCOCCN2CCN(CCCC[C@@H]3Cc4cc(O)ccc4[C@H]4CC[C@]5(C)[C@@H](O)CC[C@H]5[C@H]34)CC2=O)C(C)(C)C)cc1. The van der Waals surface area contributed by atoms with Gasteiger partial charge < -0.3 is 45.2 Å². The van der Waals surface area contributed by atoms with Crippen molar-refractivity contribution in [2.45, 2.75) is 129 Å². The quantitative estimate of drug-likeness (QED) is 0.0964. The van der Waals surface area contributed by atoms with Crippen LogP contribution in [0.1, 0.15) is 107 Å². The number of hydrogen-bond acceptors (Lipinski definition) is 12. The standard InChI is InChI=1S/C54H76N6O9S/c1-34-49(70-33-56-34)36-11-9-35(10-12-36)29-55-51(66)44-28-40(62)30-60(44)52(67)50(53(2,3)4)57-46(64)32-69-25-24-68-23-22-59-21-20-58(31-47(59)65)19-7-6-8-37-26-38-27-39(61)13-14-41(38)42-17-18-54(5)43(48(37)42)15-16-45(54)63/h9-14,27,33,37,40,42-45,48,50,61-63H,6-8,15-26,28-32H2,1-5H3,(H,55,66)(H,57,64)/t37-,40-,42-,43+,44+,45+,48-,50-,54+/m1/s1. The van der Waals surface area contributed by atoms with E-state index in [0.29, 0.717) is 55.7 Å². The first-order chi connectivity index (χ1) is 33.5. The predicted molar refractivity (Wildman–Crippen MR) is 268 cm³/mol. The zero-order valence-electron chi connectivity index (χ0n) is 41.9. The molecule has 2 aromatic carbocycles. The summed E-state index contributed by atoms with van der Waals surface area (Å²) >= 11 is 1.57. The monoisotopic (exact) mass is 985 g/mol. The molecule has 16 heteroatoms. The number of hydrogen-bond donors (Lipinski definition) is 5. The van der Waals surface area contributed by atoms with Gasteiger partial charge in [-0.15, -0.1) is 11.3 Å². The fourth-order valence-electron chi connectivity index (χ4n) is 12.5. The fraction of sp³-hybridized carbons (Fsp3) is 0.648. The zero-order chi connectivity index (χ0) is 49.7. The van der Waals surface area contributed by atoms with Gasteiger partial charge >= 0.3 is 0 Å². The molecule has 3 aromatic rings. The number of fused-ring (bicyclic) bond motifs is 5. The van der Waals surface area contributed by atoms with E-state index in [1.807, 2.05) is 74.5 Å². The zero-order valence-corrected chi connectivity index (χ0v) is 42.7. The van der Waals surface area contributed by atoms with Gasteiger partial charge in [-0.1, -0.05) is 64.4 Å². The molecule has 0 spiro atoms. The molecule has 2 saturated carbocycles. The van der Waals surface area contributed by atoms with Gasteiger partial charge in [0.1, 0.15) is 24.4 Å². The molecule has 3 aliphatic carbocycles. The Morgan fingerprint density at radius 1 is 0.986 bits per heavy atom. The summed E-state index contributed by atoms with van der Waals surface area (Å²) in [7, 11) is 0. The highest BCUT2D eigenvalue weighted by atomic mass is 32.1. The Kier molecular flexibility index (Phi) is 16.7. The molecule has 4 fully saturated rings. The number of carbonyl (C=O) groups excluding carboxylic acids is 4. The van der Waals surface area contributed by atoms with Crippen molar-refractivity contribution in [3.63, 3.8) is 0 Å². The molecule has 5 aliphatic rings. The molecule has 70 heavy (non-hydrogen) atoms. The van der Waals surface area contributed by atoms with E-state index in [9.17, 15) is 34.5 Å². The first-order valence-electron chi connectivity index (χ1n) is 25.7. The molecule has 2 aliphatic heterocycles. The number of piperazine rings is 1. The molecule has 0 bridgehead atoms. The molecule has 8 rings (SSSR count). The number of phenolic OH excluding ortho intramolecular Hbond substituents is 1. The van der Waals surface area contributed by atoms with E-state index in [1.165, 1.54) is 16.0 Å². The average molecular weight is 985 g/mol. The summed E-state index contributed by atoms with van der Waals surface area (Å²) in [4.78, 5) is 64.6. The number of rotatable bonds is 19. The number of ether oxygens (including phenoxy) is 2. The first kappa shape index (κ1) is 51.9. The third-order valence-electron chi connectivity index (χ3n) is 16.4. The second kappa shape index (κ2) is 22.5. The lowest BCUT2D eigenvalue weighted by molar-refractivity contribution is -0.144. The van der Waals surface area contributed by atoms with Crippen molar-refractivity contribution >= 4 is 35.0 Å². The maximum absolute atomic E-state index is 14.0. The topological polar surface area (TPSA) is 194 Å². The van der Waals surface area contributed by atoms with Crippen LogP contribution in [0.25, 0.3) is 10.4 Å². The minimum atomic E-state index is -0.969. The minimum absolute atomic E-state index is 0.000438. The number of aryl methyl sites for hydroxylation is 1. The van der Waals surface area contributed by atoms with E-state index in [0.717, 1.165) is 86.2 Å². The number of phenols is 1. The molecule has 1 aromatic heterocycles. The highest BCUT2D eigenvalue weighted by Crippen LogP contribution is 2.62. The van der Waals surface area contributed by atoms with E-state index < -0.39 is 35.4 Å². The number of aromatic hydroxyl groups is 1. The number of carbonyl (C=O) groups is 4. The lowest BCUT2D eigenvalue weighted by Crippen LogP contribution is -2.58. The Bertz CT molecular complexity index is 2300. The number of aliphatic hydroxyl groups is 2. The predicted octanol–water partition coefficient (Wildman–Crippen LogP) is 5.42. The van der Waals surface area contributed by atoms with E-state index in [2.05, 4.69) is 33.5 Å².